The van der Waals surface area contributed by atoms with Crippen LogP contribution in [-0.4, -0.2) is 34.8 Å². The Kier molecular flexibility index (Phi) is 3.75. The average molecular weight is 286 g/mol. The summed E-state index contributed by atoms with van der Waals surface area (Å²) in [6.07, 6.45) is 0.634. The minimum Gasteiger partial charge on any atom is -0.479 e. The van der Waals surface area contributed by atoms with E-state index in [0.717, 1.165) is 28.7 Å². The highest BCUT2D eigenvalue weighted by Gasteiger charge is 2.30. The Morgan fingerprint density at radius 3 is 3.00 bits per heavy atom. The molecule has 3 rings (SSSR count). The minimum absolute atomic E-state index is 0.0571. The number of hydrogen-bond donors (Lipinski definition) is 2. The van der Waals surface area contributed by atoms with E-state index in [2.05, 4.69) is 10.3 Å². The molecule has 1 aromatic carbocycles. The number of rotatable bonds is 4. The van der Waals surface area contributed by atoms with Crippen molar-refractivity contribution in [2.45, 2.75) is 32.0 Å². The molecule has 2 heterocycles. The van der Waals surface area contributed by atoms with Crippen LogP contribution in [0.5, 0.6) is 0 Å². The van der Waals surface area contributed by atoms with Crippen LogP contribution in [0.1, 0.15) is 18.5 Å². The van der Waals surface area contributed by atoms with Gasteiger partial charge in [0, 0.05) is 23.3 Å². The number of fused-ring (bicyclic) bond motifs is 1. The molecule has 1 aromatic heterocycles. The number of hydrogen-bond acceptors (Lipinski definition) is 4. The third-order valence-corrected chi connectivity index (χ3v) is 3.75. The Labute approximate surface area is 123 Å². The summed E-state index contributed by atoms with van der Waals surface area (Å²) in [4.78, 5) is 15.4. The standard InChI is InChI=1S/C16H18N2O3/c1-10-8-14(12-4-2-3-5-13(12)18-10)17-9-11-6-7-15(21-11)16(19)20/h2-5,8,11,15H,6-7,9H2,1H3,(H,17,18)(H,19,20). The first-order valence-corrected chi connectivity index (χ1v) is 7.12. The molecule has 5 heteroatoms. The number of nitrogens with one attached hydrogen (secondary N) is 1. The molecule has 21 heavy (non-hydrogen) atoms. The van der Waals surface area contributed by atoms with E-state index in [1.165, 1.54) is 0 Å². The van der Waals surface area contributed by atoms with Crippen molar-refractivity contribution in [1.82, 2.24) is 4.98 Å². The van der Waals surface area contributed by atoms with E-state index in [4.69, 9.17) is 9.84 Å². The second kappa shape index (κ2) is 5.69. The molecular formula is C16H18N2O3. The van der Waals surface area contributed by atoms with Crippen LogP contribution < -0.4 is 5.32 Å². The topological polar surface area (TPSA) is 71.5 Å². The van der Waals surface area contributed by atoms with Crippen molar-refractivity contribution >= 4 is 22.6 Å². The zero-order chi connectivity index (χ0) is 14.8. The fourth-order valence-corrected chi connectivity index (χ4v) is 2.72. The highest BCUT2D eigenvalue weighted by atomic mass is 16.5. The van der Waals surface area contributed by atoms with E-state index in [0.29, 0.717) is 13.0 Å². The van der Waals surface area contributed by atoms with Crippen molar-refractivity contribution < 1.29 is 14.6 Å². The predicted octanol–water partition coefficient (Wildman–Crippen LogP) is 2.59. The number of carboxylic acids is 1. The summed E-state index contributed by atoms with van der Waals surface area (Å²) >= 11 is 0. The predicted molar refractivity (Wildman–Crippen MR) is 80.5 cm³/mol. The molecule has 0 spiro atoms. The minimum atomic E-state index is -0.872. The quantitative estimate of drug-likeness (QED) is 0.904. The summed E-state index contributed by atoms with van der Waals surface area (Å²) in [6, 6.07) is 9.97. The van der Waals surface area contributed by atoms with E-state index >= 15 is 0 Å². The van der Waals surface area contributed by atoms with Gasteiger partial charge < -0.3 is 15.2 Å². The first-order chi connectivity index (χ1) is 10.1. The highest BCUT2D eigenvalue weighted by molar-refractivity contribution is 5.91. The third kappa shape index (κ3) is 2.97. The molecule has 1 saturated heterocycles. The second-order valence-electron chi connectivity index (χ2n) is 5.37. The molecule has 2 aromatic rings. The number of aryl methyl sites for hydroxylation is 1. The monoisotopic (exact) mass is 286 g/mol. The van der Waals surface area contributed by atoms with E-state index in [1.54, 1.807) is 0 Å². The number of para-hydroxylation sites is 1. The van der Waals surface area contributed by atoms with Gasteiger partial charge in [-0.25, -0.2) is 4.79 Å². The summed E-state index contributed by atoms with van der Waals surface area (Å²) in [5.41, 5.74) is 2.92. The van der Waals surface area contributed by atoms with Crippen molar-refractivity contribution in [3.8, 4) is 0 Å². The molecular weight excluding hydrogens is 268 g/mol. The maximum atomic E-state index is 10.9. The van der Waals surface area contributed by atoms with Gasteiger partial charge in [-0.15, -0.1) is 0 Å². The number of ether oxygens (including phenoxy) is 1. The number of benzene rings is 1. The average Bonchev–Trinajstić information content (AvgIpc) is 2.93. The molecule has 2 atom stereocenters. The summed E-state index contributed by atoms with van der Waals surface area (Å²) in [6.45, 7) is 2.57. The van der Waals surface area contributed by atoms with Crippen molar-refractivity contribution in [3.63, 3.8) is 0 Å². The lowest BCUT2D eigenvalue weighted by atomic mass is 10.1. The van der Waals surface area contributed by atoms with Gasteiger partial charge >= 0.3 is 5.97 Å². The maximum absolute atomic E-state index is 10.9. The normalized spacial score (nSPS) is 21.6. The molecule has 0 aliphatic carbocycles. The van der Waals surface area contributed by atoms with Crippen molar-refractivity contribution in [2.75, 3.05) is 11.9 Å². The number of aliphatic carboxylic acids is 1. The lowest BCUT2D eigenvalue weighted by Crippen LogP contribution is -2.24. The number of carboxylic acid groups (broad SMARTS) is 1. The third-order valence-electron chi connectivity index (χ3n) is 3.75. The Bertz CT molecular complexity index is 672. The van der Waals surface area contributed by atoms with Gasteiger partial charge in [0.15, 0.2) is 6.10 Å². The second-order valence-corrected chi connectivity index (χ2v) is 5.37. The lowest BCUT2D eigenvalue weighted by Gasteiger charge is -2.15. The van der Waals surface area contributed by atoms with Crippen LogP contribution in [-0.2, 0) is 9.53 Å². The molecule has 2 unspecified atom stereocenters. The number of aromatic nitrogens is 1. The van der Waals surface area contributed by atoms with Gasteiger partial charge in [0.1, 0.15) is 0 Å². The van der Waals surface area contributed by atoms with E-state index in [9.17, 15) is 4.79 Å². The van der Waals surface area contributed by atoms with Crippen LogP contribution in [0.4, 0.5) is 5.69 Å². The van der Waals surface area contributed by atoms with Gasteiger partial charge in [0.05, 0.1) is 11.6 Å². The van der Waals surface area contributed by atoms with Gasteiger partial charge in [0.25, 0.3) is 0 Å². The Morgan fingerprint density at radius 1 is 1.43 bits per heavy atom. The molecule has 0 radical (unpaired) electrons. The number of anilines is 1. The Balaban J connectivity index is 1.73. The van der Waals surface area contributed by atoms with Crippen molar-refractivity contribution in [1.29, 1.82) is 0 Å². The smallest absolute Gasteiger partial charge is 0.332 e. The maximum Gasteiger partial charge on any atom is 0.332 e. The fraction of sp³-hybridized carbons (Fsp3) is 0.375. The van der Waals surface area contributed by atoms with Crippen molar-refractivity contribution in [2.24, 2.45) is 0 Å². The van der Waals surface area contributed by atoms with Crippen LogP contribution in [0.2, 0.25) is 0 Å². The summed E-state index contributed by atoms with van der Waals surface area (Å²) in [5, 5.41) is 13.4. The van der Waals surface area contributed by atoms with Crippen LogP contribution >= 0.6 is 0 Å². The molecule has 110 valence electrons. The Hall–Kier alpha value is -2.14. The van der Waals surface area contributed by atoms with Gasteiger partial charge in [-0.2, -0.15) is 0 Å². The fourth-order valence-electron chi connectivity index (χ4n) is 2.72. The van der Waals surface area contributed by atoms with Gasteiger partial charge in [0.2, 0.25) is 0 Å². The van der Waals surface area contributed by atoms with Gasteiger partial charge in [-0.05, 0) is 31.9 Å². The molecule has 1 fully saturated rings. The number of nitrogens with zero attached hydrogens (tertiary/aromatic N) is 1. The largest absolute Gasteiger partial charge is 0.479 e. The van der Waals surface area contributed by atoms with E-state index < -0.39 is 12.1 Å². The Morgan fingerprint density at radius 2 is 2.24 bits per heavy atom. The van der Waals surface area contributed by atoms with Crippen LogP contribution in [0, 0.1) is 6.92 Å². The summed E-state index contributed by atoms with van der Waals surface area (Å²) in [7, 11) is 0. The zero-order valence-corrected chi connectivity index (χ0v) is 11.9. The van der Waals surface area contributed by atoms with Crippen LogP contribution in [0.3, 0.4) is 0 Å². The highest BCUT2D eigenvalue weighted by Crippen LogP contribution is 2.25. The number of pyridine rings is 1. The van der Waals surface area contributed by atoms with Crippen LogP contribution in [0.15, 0.2) is 30.3 Å². The molecule has 1 aliphatic heterocycles. The van der Waals surface area contributed by atoms with Crippen LogP contribution in [0.25, 0.3) is 10.9 Å². The molecule has 0 saturated carbocycles. The van der Waals surface area contributed by atoms with Gasteiger partial charge in [-0.1, -0.05) is 18.2 Å². The molecule has 1 aliphatic rings. The van der Waals surface area contributed by atoms with Crippen molar-refractivity contribution in [3.05, 3.63) is 36.0 Å². The molecule has 0 amide bonds. The first kappa shape index (κ1) is 13.8. The van der Waals surface area contributed by atoms with Gasteiger partial charge in [-0.3, -0.25) is 4.98 Å². The zero-order valence-electron chi connectivity index (χ0n) is 11.9. The lowest BCUT2D eigenvalue weighted by molar-refractivity contribution is -0.149. The SMILES string of the molecule is Cc1cc(NCC2CCC(C(=O)O)O2)c2ccccc2n1. The molecule has 2 N–H and O–H groups in total. The molecule has 5 nitrogen and oxygen atoms in total. The molecule has 0 bridgehead atoms. The summed E-state index contributed by atoms with van der Waals surface area (Å²) < 4.78 is 5.51. The first-order valence-electron chi connectivity index (χ1n) is 7.12. The number of carbonyl (C=O) groups is 1. The van der Waals surface area contributed by atoms with E-state index in [-0.39, 0.29) is 6.10 Å². The summed E-state index contributed by atoms with van der Waals surface area (Å²) in [5.74, 6) is -0.872. The van der Waals surface area contributed by atoms with E-state index in [1.807, 2.05) is 37.3 Å².